The molecule has 0 aliphatic rings. The van der Waals surface area contributed by atoms with Gasteiger partial charge in [-0.25, -0.2) is 0 Å². The first kappa shape index (κ1) is 20.4. The van der Waals surface area contributed by atoms with Crippen LogP contribution in [0.1, 0.15) is 28.7 Å². The third-order valence-electron chi connectivity index (χ3n) is 4.17. The monoisotopic (exact) mass is 371 g/mol. The predicted molar refractivity (Wildman–Crippen MR) is 107 cm³/mol. The minimum atomic E-state index is 0.0164. The summed E-state index contributed by atoms with van der Waals surface area (Å²) in [5, 5.41) is 14.6. The average Bonchev–Trinajstić information content (AvgIpc) is 3.13. The van der Waals surface area contributed by atoms with Crippen molar-refractivity contribution in [3.05, 3.63) is 47.5 Å². The van der Waals surface area contributed by atoms with Gasteiger partial charge in [-0.05, 0) is 24.1 Å². The van der Waals surface area contributed by atoms with Crippen molar-refractivity contribution < 1.29 is 4.79 Å². The number of amides is 1. The zero-order valence-electron chi connectivity index (χ0n) is 16.6. The molecule has 2 aromatic rings. The molecule has 0 aliphatic heterocycles. The predicted octanol–water partition coefficient (Wildman–Crippen LogP) is 0.950. The zero-order chi connectivity index (χ0) is 19.6. The van der Waals surface area contributed by atoms with Crippen molar-refractivity contribution in [2.24, 2.45) is 4.99 Å². The molecule has 1 amide bonds. The van der Waals surface area contributed by atoms with Crippen molar-refractivity contribution in [3.63, 3.8) is 0 Å². The van der Waals surface area contributed by atoms with Crippen LogP contribution in [0.2, 0.25) is 0 Å². The maximum Gasteiger partial charge on any atom is 0.253 e. The van der Waals surface area contributed by atoms with Crippen LogP contribution in [0.15, 0.2) is 35.6 Å². The highest BCUT2D eigenvalue weighted by atomic mass is 16.2. The van der Waals surface area contributed by atoms with Crippen LogP contribution in [-0.2, 0) is 19.4 Å². The number of nitrogens with one attached hydrogen (secondary N) is 2. The highest BCUT2D eigenvalue weighted by molar-refractivity contribution is 5.94. The standard InChI is InChI=1S/C19H29N7O/c1-5-17-24-23-14-26(17)12-11-22-19(20-2)21-10-9-15-7-6-8-16(13-15)18(27)25(3)4/h6-8,13-14H,5,9-12H2,1-4H3,(H2,20,21,22). The van der Waals surface area contributed by atoms with E-state index in [1.165, 1.54) is 0 Å². The number of aliphatic imine (C=N–C) groups is 1. The van der Waals surface area contributed by atoms with E-state index in [0.29, 0.717) is 5.56 Å². The maximum absolute atomic E-state index is 12.1. The van der Waals surface area contributed by atoms with Crippen LogP contribution in [0.25, 0.3) is 0 Å². The normalized spacial score (nSPS) is 11.3. The van der Waals surface area contributed by atoms with E-state index in [9.17, 15) is 4.79 Å². The Hall–Kier alpha value is -2.90. The van der Waals surface area contributed by atoms with E-state index >= 15 is 0 Å². The van der Waals surface area contributed by atoms with E-state index in [1.807, 2.05) is 28.8 Å². The van der Waals surface area contributed by atoms with E-state index in [-0.39, 0.29) is 5.91 Å². The maximum atomic E-state index is 12.1. The number of benzene rings is 1. The van der Waals surface area contributed by atoms with Crippen molar-refractivity contribution in [3.8, 4) is 0 Å². The highest BCUT2D eigenvalue weighted by Gasteiger charge is 2.08. The molecule has 0 unspecified atom stereocenters. The Kier molecular flexibility index (Phi) is 7.79. The van der Waals surface area contributed by atoms with Gasteiger partial charge in [0.05, 0.1) is 0 Å². The van der Waals surface area contributed by atoms with Gasteiger partial charge < -0.3 is 20.1 Å². The molecule has 1 aromatic heterocycles. The number of carbonyl (C=O) groups excluding carboxylic acids is 1. The van der Waals surface area contributed by atoms with E-state index < -0.39 is 0 Å². The van der Waals surface area contributed by atoms with Gasteiger partial charge in [-0.3, -0.25) is 9.79 Å². The lowest BCUT2D eigenvalue weighted by molar-refractivity contribution is 0.0827. The van der Waals surface area contributed by atoms with Gasteiger partial charge in [0.25, 0.3) is 5.91 Å². The van der Waals surface area contributed by atoms with Gasteiger partial charge in [-0.1, -0.05) is 19.1 Å². The van der Waals surface area contributed by atoms with Gasteiger partial charge in [0.2, 0.25) is 0 Å². The first-order chi connectivity index (χ1) is 13.0. The van der Waals surface area contributed by atoms with Crippen LogP contribution in [0.5, 0.6) is 0 Å². The molecule has 0 bridgehead atoms. The largest absolute Gasteiger partial charge is 0.356 e. The molecule has 27 heavy (non-hydrogen) atoms. The van der Waals surface area contributed by atoms with Crippen LogP contribution in [-0.4, -0.2) is 65.8 Å². The molecule has 2 rings (SSSR count). The minimum absolute atomic E-state index is 0.0164. The number of aromatic nitrogens is 3. The zero-order valence-corrected chi connectivity index (χ0v) is 16.6. The molecule has 8 nitrogen and oxygen atoms in total. The van der Waals surface area contributed by atoms with Crippen LogP contribution in [0.4, 0.5) is 0 Å². The van der Waals surface area contributed by atoms with Crippen LogP contribution in [0.3, 0.4) is 0 Å². The number of hydrogen-bond donors (Lipinski definition) is 2. The van der Waals surface area contributed by atoms with Gasteiger partial charge in [0, 0.05) is 52.8 Å². The molecular formula is C19H29N7O. The number of guanidine groups is 1. The van der Waals surface area contributed by atoms with E-state index in [1.54, 1.807) is 32.4 Å². The van der Waals surface area contributed by atoms with E-state index in [4.69, 9.17) is 0 Å². The molecule has 1 aromatic carbocycles. The van der Waals surface area contributed by atoms with E-state index in [2.05, 4.69) is 32.7 Å². The number of hydrogen-bond acceptors (Lipinski definition) is 4. The topological polar surface area (TPSA) is 87.4 Å². The summed E-state index contributed by atoms with van der Waals surface area (Å²) < 4.78 is 2.04. The Morgan fingerprint density at radius 1 is 1.26 bits per heavy atom. The van der Waals surface area contributed by atoms with Gasteiger partial charge in [0.1, 0.15) is 12.2 Å². The number of nitrogens with zero attached hydrogens (tertiary/aromatic N) is 5. The summed E-state index contributed by atoms with van der Waals surface area (Å²) in [5.41, 5.74) is 1.82. The second-order valence-electron chi connectivity index (χ2n) is 6.37. The Balaban J connectivity index is 1.78. The van der Waals surface area contributed by atoms with Gasteiger partial charge >= 0.3 is 0 Å². The molecule has 0 radical (unpaired) electrons. The van der Waals surface area contributed by atoms with E-state index in [0.717, 1.165) is 49.8 Å². The van der Waals surface area contributed by atoms with Crippen molar-refractivity contribution in [2.75, 3.05) is 34.2 Å². The molecule has 0 saturated heterocycles. The summed E-state index contributed by atoms with van der Waals surface area (Å²) in [6.07, 6.45) is 3.42. The summed E-state index contributed by atoms with van der Waals surface area (Å²) in [7, 11) is 5.27. The van der Waals surface area contributed by atoms with Crippen LogP contribution in [0, 0.1) is 0 Å². The fraction of sp³-hybridized carbons (Fsp3) is 0.474. The number of carbonyl (C=O) groups is 1. The lowest BCUT2D eigenvalue weighted by atomic mass is 10.1. The molecule has 0 fully saturated rings. The summed E-state index contributed by atoms with van der Waals surface area (Å²) in [5.74, 6) is 1.75. The van der Waals surface area contributed by atoms with Crippen LogP contribution >= 0.6 is 0 Å². The summed E-state index contributed by atoms with van der Waals surface area (Å²) in [6.45, 7) is 4.31. The first-order valence-electron chi connectivity index (χ1n) is 9.17. The molecule has 146 valence electrons. The summed E-state index contributed by atoms with van der Waals surface area (Å²) >= 11 is 0. The fourth-order valence-corrected chi connectivity index (χ4v) is 2.70. The van der Waals surface area contributed by atoms with Crippen LogP contribution < -0.4 is 10.6 Å². The van der Waals surface area contributed by atoms with Gasteiger partial charge in [-0.15, -0.1) is 10.2 Å². The summed E-state index contributed by atoms with van der Waals surface area (Å²) in [4.78, 5) is 17.9. The Bertz CT molecular complexity index is 767. The first-order valence-corrected chi connectivity index (χ1v) is 9.17. The summed E-state index contributed by atoms with van der Waals surface area (Å²) in [6, 6.07) is 7.74. The molecule has 0 saturated carbocycles. The Morgan fingerprint density at radius 2 is 2.04 bits per heavy atom. The Labute approximate surface area is 160 Å². The fourth-order valence-electron chi connectivity index (χ4n) is 2.70. The third-order valence-corrected chi connectivity index (χ3v) is 4.17. The smallest absolute Gasteiger partial charge is 0.253 e. The van der Waals surface area contributed by atoms with Crippen molar-refractivity contribution in [1.29, 1.82) is 0 Å². The molecule has 1 heterocycles. The average molecular weight is 371 g/mol. The third kappa shape index (κ3) is 6.09. The van der Waals surface area contributed by atoms with Gasteiger partial charge in [-0.2, -0.15) is 0 Å². The van der Waals surface area contributed by atoms with Crippen molar-refractivity contribution in [2.45, 2.75) is 26.3 Å². The molecule has 0 spiro atoms. The lowest BCUT2D eigenvalue weighted by Crippen LogP contribution is -2.39. The minimum Gasteiger partial charge on any atom is -0.356 e. The number of aryl methyl sites for hydroxylation is 1. The SMILES string of the molecule is CCc1nncn1CCNC(=NC)NCCc1cccc(C(=O)N(C)C)c1. The molecule has 8 heteroatoms. The lowest BCUT2D eigenvalue weighted by Gasteiger charge is -2.13. The molecular weight excluding hydrogens is 342 g/mol. The molecule has 2 N–H and O–H groups in total. The van der Waals surface area contributed by atoms with Crippen molar-refractivity contribution in [1.82, 2.24) is 30.3 Å². The quantitative estimate of drug-likeness (QED) is 0.533. The van der Waals surface area contributed by atoms with Gasteiger partial charge in [0.15, 0.2) is 5.96 Å². The molecule has 0 aliphatic carbocycles. The molecule has 0 atom stereocenters. The highest BCUT2D eigenvalue weighted by Crippen LogP contribution is 2.07. The number of rotatable bonds is 8. The second-order valence-corrected chi connectivity index (χ2v) is 6.37. The van der Waals surface area contributed by atoms with Crippen molar-refractivity contribution >= 4 is 11.9 Å². The second kappa shape index (κ2) is 10.3. The Morgan fingerprint density at radius 3 is 2.74 bits per heavy atom.